The summed E-state index contributed by atoms with van der Waals surface area (Å²) < 4.78 is 20.0. The van der Waals surface area contributed by atoms with Crippen molar-refractivity contribution in [2.24, 2.45) is 0 Å². The van der Waals surface area contributed by atoms with Gasteiger partial charge in [-0.05, 0) is 17.7 Å². The van der Waals surface area contributed by atoms with Crippen LogP contribution in [0.2, 0.25) is 0 Å². The number of carbonyl (C=O) groups is 1. The van der Waals surface area contributed by atoms with Gasteiger partial charge in [0.1, 0.15) is 0 Å². The van der Waals surface area contributed by atoms with Gasteiger partial charge in [-0.1, -0.05) is 0 Å². The minimum atomic E-state index is -0.509. The highest BCUT2D eigenvalue weighted by atomic mass is 16.6. The van der Waals surface area contributed by atoms with E-state index in [9.17, 15) is 4.79 Å². The Labute approximate surface area is 105 Å². The van der Waals surface area contributed by atoms with Crippen LogP contribution < -0.4 is 14.2 Å². The van der Waals surface area contributed by atoms with Gasteiger partial charge in [-0.25, -0.2) is 4.79 Å². The van der Waals surface area contributed by atoms with Gasteiger partial charge in [-0.2, -0.15) is 0 Å². The van der Waals surface area contributed by atoms with Crippen molar-refractivity contribution in [1.29, 1.82) is 0 Å². The quantitative estimate of drug-likeness (QED) is 0.757. The van der Waals surface area contributed by atoms with Crippen LogP contribution in [0.4, 0.5) is 0 Å². The summed E-state index contributed by atoms with van der Waals surface area (Å²) in [5.41, 5.74) is 0.620. The molecule has 0 aliphatic carbocycles. The Morgan fingerprint density at radius 1 is 1.17 bits per heavy atom. The van der Waals surface area contributed by atoms with Gasteiger partial charge < -0.3 is 24.1 Å². The lowest BCUT2D eigenvalue weighted by atomic mass is 10.2. The average Bonchev–Trinajstić information content (AvgIpc) is 2.43. The van der Waals surface area contributed by atoms with Crippen LogP contribution in [0.1, 0.15) is 5.56 Å². The molecule has 1 rings (SSSR count). The Morgan fingerprint density at radius 2 is 1.72 bits per heavy atom. The van der Waals surface area contributed by atoms with E-state index in [1.807, 2.05) is 0 Å². The van der Waals surface area contributed by atoms with E-state index in [1.165, 1.54) is 21.3 Å². The maximum atomic E-state index is 11.0. The maximum Gasteiger partial charge on any atom is 0.343 e. The molecule has 0 aliphatic heterocycles. The van der Waals surface area contributed by atoms with Crippen molar-refractivity contribution in [3.05, 3.63) is 17.7 Å². The van der Waals surface area contributed by atoms with E-state index in [2.05, 4.69) is 4.74 Å². The Morgan fingerprint density at radius 3 is 2.11 bits per heavy atom. The second-order valence-corrected chi connectivity index (χ2v) is 3.35. The van der Waals surface area contributed by atoms with Crippen LogP contribution in [0, 0.1) is 0 Å². The van der Waals surface area contributed by atoms with E-state index < -0.39 is 5.97 Å². The van der Waals surface area contributed by atoms with Crippen LogP contribution in [0.25, 0.3) is 0 Å². The summed E-state index contributed by atoms with van der Waals surface area (Å²) in [7, 11) is 4.19. The fraction of sp³-hybridized carbons (Fsp3) is 0.417. The Bertz CT molecular complexity index is 390. The molecular formula is C12H16O6. The molecule has 6 nitrogen and oxygen atoms in total. The van der Waals surface area contributed by atoms with E-state index in [1.54, 1.807) is 12.1 Å². The van der Waals surface area contributed by atoms with Crippen molar-refractivity contribution >= 4 is 5.97 Å². The normalized spacial score (nSPS) is 9.78. The average molecular weight is 256 g/mol. The molecule has 0 spiro atoms. The van der Waals surface area contributed by atoms with Gasteiger partial charge >= 0.3 is 5.97 Å². The molecule has 18 heavy (non-hydrogen) atoms. The lowest BCUT2D eigenvalue weighted by molar-refractivity contribution is -0.142. The van der Waals surface area contributed by atoms with Gasteiger partial charge in [0.25, 0.3) is 0 Å². The van der Waals surface area contributed by atoms with Crippen LogP contribution >= 0.6 is 0 Å². The third-order valence-corrected chi connectivity index (χ3v) is 2.26. The fourth-order valence-electron chi connectivity index (χ4n) is 1.36. The number of aliphatic hydroxyl groups is 1. The molecule has 0 atom stereocenters. The molecule has 0 aromatic heterocycles. The Kier molecular flexibility index (Phi) is 5.26. The topological polar surface area (TPSA) is 74.2 Å². The molecule has 0 saturated heterocycles. The summed E-state index contributed by atoms with van der Waals surface area (Å²) in [6.07, 6.45) is 0. The molecule has 0 amide bonds. The summed E-state index contributed by atoms with van der Waals surface area (Å²) in [6, 6.07) is 3.21. The summed E-state index contributed by atoms with van der Waals surface area (Å²) in [4.78, 5) is 11.0. The van der Waals surface area contributed by atoms with Crippen molar-refractivity contribution in [2.45, 2.75) is 6.61 Å². The molecule has 100 valence electrons. The van der Waals surface area contributed by atoms with Crippen molar-refractivity contribution in [3.63, 3.8) is 0 Å². The number of esters is 1. The molecule has 0 unspecified atom stereocenters. The molecule has 0 saturated carbocycles. The van der Waals surface area contributed by atoms with Gasteiger partial charge in [0.2, 0.25) is 5.75 Å². The van der Waals surface area contributed by atoms with Crippen LogP contribution in [0.5, 0.6) is 17.2 Å². The molecule has 0 fully saturated rings. The second kappa shape index (κ2) is 6.70. The number of carbonyl (C=O) groups excluding carboxylic acids is 1. The SMILES string of the molecule is COC(=O)COc1c(OC)cc(CO)cc1OC. The standard InChI is InChI=1S/C12H16O6/c1-15-9-4-8(6-13)5-10(16-2)12(9)18-7-11(14)17-3/h4-5,13H,6-7H2,1-3H3. The lowest BCUT2D eigenvalue weighted by Crippen LogP contribution is -2.13. The fourth-order valence-corrected chi connectivity index (χ4v) is 1.36. The second-order valence-electron chi connectivity index (χ2n) is 3.35. The lowest BCUT2D eigenvalue weighted by Gasteiger charge is -2.14. The zero-order chi connectivity index (χ0) is 13.5. The van der Waals surface area contributed by atoms with Crippen molar-refractivity contribution in [1.82, 2.24) is 0 Å². The van der Waals surface area contributed by atoms with E-state index >= 15 is 0 Å². The minimum Gasteiger partial charge on any atom is -0.493 e. The predicted molar refractivity (Wildman–Crippen MR) is 63.0 cm³/mol. The van der Waals surface area contributed by atoms with E-state index in [-0.39, 0.29) is 13.2 Å². The molecule has 0 bridgehead atoms. The minimum absolute atomic E-state index is 0.149. The van der Waals surface area contributed by atoms with E-state index in [0.29, 0.717) is 22.8 Å². The smallest absolute Gasteiger partial charge is 0.343 e. The summed E-state index contributed by atoms with van der Waals surface area (Å²) in [5, 5.41) is 9.10. The zero-order valence-corrected chi connectivity index (χ0v) is 10.6. The number of hydrogen-bond donors (Lipinski definition) is 1. The van der Waals surface area contributed by atoms with E-state index in [0.717, 1.165) is 0 Å². The Balaban J connectivity index is 3.03. The first-order chi connectivity index (χ1) is 8.65. The molecule has 6 heteroatoms. The third kappa shape index (κ3) is 3.27. The van der Waals surface area contributed by atoms with Crippen molar-refractivity contribution in [2.75, 3.05) is 27.9 Å². The number of ether oxygens (including phenoxy) is 4. The zero-order valence-electron chi connectivity index (χ0n) is 10.6. The maximum absolute atomic E-state index is 11.0. The molecule has 0 radical (unpaired) electrons. The van der Waals surface area contributed by atoms with Gasteiger partial charge in [0.05, 0.1) is 27.9 Å². The molecular weight excluding hydrogens is 240 g/mol. The van der Waals surface area contributed by atoms with Gasteiger partial charge in [0.15, 0.2) is 18.1 Å². The first-order valence-corrected chi connectivity index (χ1v) is 5.21. The van der Waals surface area contributed by atoms with Crippen LogP contribution in [0.3, 0.4) is 0 Å². The van der Waals surface area contributed by atoms with Crippen LogP contribution in [0.15, 0.2) is 12.1 Å². The third-order valence-electron chi connectivity index (χ3n) is 2.26. The first kappa shape index (κ1) is 14.1. The van der Waals surface area contributed by atoms with Gasteiger partial charge in [-0.3, -0.25) is 0 Å². The Hall–Kier alpha value is -1.95. The number of methoxy groups -OCH3 is 3. The highest BCUT2D eigenvalue weighted by Crippen LogP contribution is 2.38. The number of rotatable bonds is 6. The van der Waals surface area contributed by atoms with Crippen LogP contribution in [-0.4, -0.2) is 39.0 Å². The summed E-state index contributed by atoms with van der Waals surface area (Å²) >= 11 is 0. The molecule has 1 aromatic carbocycles. The number of aliphatic hydroxyl groups excluding tert-OH is 1. The van der Waals surface area contributed by atoms with Crippen molar-refractivity contribution < 1.29 is 28.8 Å². The summed E-state index contributed by atoms with van der Waals surface area (Å²) in [5.74, 6) is 0.539. The molecule has 0 heterocycles. The first-order valence-electron chi connectivity index (χ1n) is 5.21. The van der Waals surface area contributed by atoms with Crippen LogP contribution in [-0.2, 0) is 16.1 Å². The number of hydrogen-bond acceptors (Lipinski definition) is 6. The molecule has 1 aromatic rings. The van der Waals surface area contributed by atoms with Crippen molar-refractivity contribution in [3.8, 4) is 17.2 Å². The largest absolute Gasteiger partial charge is 0.493 e. The summed E-state index contributed by atoms with van der Waals surface area (Å²) in [6.45, 7) is -0.397. The van der Waals surface area contributed by atoms with Gasteiger partial charge in [0, 0.05) is 0 Å². The molecule has 0 aliphatic rings. The predicted octanol–water partition coefficient (Wildman–Crippen LogP) is 0.748. The molecule has 1 N–H and O–H groups in total. The number of benzene rings is 1. The van der Waals surface area contributed by atoms with E-state index in [4.69, 9.17) is 19.3 Å². The highest BCUT2D eigenvalue weighted by Gasteiger charge is 2.15. The highest BCUT2D eigenvalue weighted by molar-refractivity contribution is 5.71. The monoisotopic (exact) mass is 256 g/mol. The van der Waals surface area contributed by atoms with Gasteiger partial charge in [-0.15, -0.1) is 0 Å².